The van der Waals surface area contributed by atoms with Gasteiger partial charge < -0.3 is 0 Å². The van der Waals surface area contributed by atoms with Crippen molar-refractivity contribution < 1.29 is 4.79 Å². The molecule has 0 bridgehead atoms. The van der Waals surface area contributed by atoms with Crippen LogP contribution in [0.4, 0.5) is 0 Å². The molecule has 0 N–H and O–H groups in total. The van der Waals surface area contributed by atoms with Crippen molar-refractivity contribution in [3.63, 3.8) is 0 Å². The van der Waals surface area contributed by atoms with Crippen molar-refractivity contribution in [1.82, 2.24) is 4.98 Å². The maximum absolute atomic E-state index is 10.8. The van der Waals surface area contributed by atoms with Gasteiger partial charge in [0.2, 0.25) is 0 Å². The number of hydrogen-bond donors (Lipinski definition) is 0. The Kier molecular flexibility index (Phi) is 2.39. The van der Waals surface area contributed by atoms with E-state index in [-0.39, 0.29) is 5.78 Å². The average molecular weight is 214 g/mol. The van der Waals surface area contributed by atoms with Crippen molar-refractivity contribution in [3.05, 3.63) is 28.0 Å². The van der Waals surface area contributed by atoms with Gasteiger partial charge >= 0.3 is 0 Å². The summed E-state index contributed by atoms with van der Waals surface area (Å²) in [5.41, 5.74) is 1.54. The molecule has 1 heterocycles. The molecule has 11 heavy (non-hydrogen) atoms. The van der Waals surface area contributed by atoms with Gasteiger partial charge in [-0.05, 0) is 35.8 Å². The minimum Gasteiger partial charge on any atom is -0.294 e. The van der Waals surface area contributed by atoms with Crippen LogP contribution in [0.25, 0.3) is 0 Å². The minimum absolute atomic E-state index is 0.0400. The van der Waals surface area contributed by atoms with Gasteiger partial charge in [-0.1, -0.05) is 0 Å². The van der Waals surface area contributed by atoms with Crippen LogP contribution < -0.4 is 0 Å². The molecular formula is C8H8BrNO. The first-order valence-corrected chi connectivity index (χ1v) is 4.03. The molecule has 0 aliphatic rings. The second kappa shape index (κ2) is 3.13. The van der Waals surface area contributed by atoms with Crippen molar-refractivity contribution in [2.24, 2.45) is 0 Å². The van der Waals surface area contributed by atoms with E-state index in [2.05, 4.69) is 20.9 Å². The van der Waals surface area contributed by atoms with E-state index in [9.17, 15) is 4.79 Å². The Morgan fingerprint density at radius 3 is 2.73 bits per heavy atom. The van der Waals surface area contributed by atoms with E-state index in [1.165, 1.54) is 6.92 Å². The van der Waals surface area contributed by atoms with Gasteiger partial charge in [-0.2, -0.15) is 0 Å². The van der Waals surface area contributed by atoms with E-state index in [0.717, 1.165) is 10.2 Å². The molecule has 3 heteroatoms. The molecule has 0 saturated heterocycles. The fraction of sp³-hybridized carbons (Fsp3) is 0.250. The first-order chi connectivity index (χ1) is 5.11. The Morgan fingerprint density at radius 1 is 1.64 bits per heavy atom. The summed E-state index contributed by atoms with van der Waals surface area (Å²) in [5, 5.41) is 0. The summed E-state index contributed by atoms with van der Waals surface area (Å²) >= 11 is 3.30. The number of nitrogens with zero attached hydrogens (tertiary/aromatic N) is 1. The summed E-state index contributed by atoms with van der Waals surface area (Å²) in [4.78, 5) is 14.9. The number of ketones is 1. The summed E-state index contributed by atoms with van der Waals surface area (Å²) in [6.07, 6.45) is 1.59. The van der Waals surface area contributed by atoms with E-state index in [1.54, 1.807) is 12.3 Å². The van der Waals surface area contributed by atoms with Gasteiger partial charge in [0, 0.05) is 16.2 Å². The maximum atomic E-state index is 10.8. The van der Waals surface area contributed by atoms with E-state index in [0.29, 0.717) is 5.56 Å². The van der Waals surface area contributed by atoms with Crippen LogP contribution in [-0.4, -0.2) is 10.8 Å². The van der Waals surface area contributed by atoms with Crippen molar-refractivity contribution in [2.75, 3.05) is 0 Å². The summed E-state index contributed by atoms with van der Waals surface area (Å²) < 4.78 is 0.880. The van der Waals surface area contributed by atoms with Crippen molar-refractivity contribution >= 4 is 21.7 Å². The van der Waals surface area contributed by atoms with Crippen LogP contribution in [-0.2, 0) is 0 Å². The zero-order chi connectivity index (χ0) is 8.43. The van der Waals surface area contributed by atoms with E-state index in [1.807, 2.05) is 6.92 Å². The molecule has 0 aliphatic heterocycles. The molecule has 1 rings (SSSR count). The van der Waals surface area contributed by atoms with Gasteiger partial charge in [0.05, 0.1) is 5.69 Å². The van der Waals surface area contributed by atoms with Crippen molar-refractivity contribution in [2.45, 2.75) is 13.8 Å². The molecule has 0 spiro atoms. The molecule has 0 fully saturated rings. The number of hydrogen-bond acceptors (Lipinski definition) is 2. The normalized spacial score (nSPS) is 9.73. The maximum Gasteiger partial charge on any atom is 0.161 e. The van der Waals surface area contributed by atoms with Crippen LogP contribution in [0.5, 0.6) is 0 Å². The largest absolute Gasteiger partial charge is 0.294 e. The van der Waals surface area contributed by atoms with Crippen LogP contribution in [0, 0.1) is 6.92 Å². The second-order valence-electron chi connectivity index (χ2n) is 2.35. The summed E-state index contributed by atoms with van der Waals surface area (Å²) in [7, 11) is 0. The molecule has 0 aromatic carbocycles. The highest BCUT2D eigenvalue weighted by atomic mass is 79.9. The number of pyridine rings is 1. The van der Waals surface area contributed by atoms with Crippen LogP contribution in [0.2, 0.25) is 0 Å². The molecule has 0 aliphatic carbocycles. The van der Waals surface area contributed by atoms with Crippen molar-refractivity contribution in [3.8, 4) is 0 Å². The molecule has 0 unspecified atom stereocenters. The lowest BCUT2D eigenvalue weighted by Gasteiger charge is -1.98. The number of carbonyl (C=O) groups is 1. The third-order valence-electron chi connectivity index (χ3n) is 1.43. The SMILES string of the molecule is CC(=O)c1cnc(C)c(Br)c1. The van der Waals surface area contributed by atoms with E-state index in [4.69, 9.17) is 0 Å². The monoisotopic (exact) mass is 213 g/mol. The molecule has 1 aromatic rings. The predicted molar refractivity (Wildman–Crippen MR) is 46.7 cm³/mol. The molecular weight excluding hydrogens is 206 g/mol. The highest BCUT2D eigenvalue weighted by molar-refractivity contribution is 9.10. The topological polar surface area (TPSA) is 30.0 Å². The number of rotatable bonds is 1. The van der Waals surface area contributed by atoms with Crippen LogP contribution in [0.1, 0.15) is 23.0 Å². The first kappa shape index (κ1) is 8.40. The standard InChI is InChI=1S/C8H8BrNO/c1-5-8(9)3-7(4-10-5)6(2)11/h3-4H,1-2H3. The number of carbonyl (C=O) groups excluding carboxylic acids is 1. The lowest BCUT2D eigenvalue weighted by Crippen LogP contribution is -1.94. The van der Waals surface area contributed by atoms with Crippen LogP contribution in [0.15, 0.2) is 16.7 Å². The highest BCUT2D eigenvalue weighted by Crippen LogP contribution is 2.14. The smallest absolute Gasteiger partial charge is 0.161 e. The number of Topliss-reactive ketones (excluding diaryl/α,β-unsaturated/α-hetero) is 1. The van der Waals surface area contributed by atoms with Crippen LogP contribution >= 0.6 is 15.9 Å². The molecule has 58 valence electrons. The fourth-order valence-electron chi connectivity index (χ4n) is 0.699. The van der Waals surface area contributed by atoms with E-state index >= 15 is 0 Å². The average Bonchev–Trinajstić information content (AvgIpc) is 1.94. The van der Waals surface area contributed by atoms with Crippen LogP contribution in [0.3, 0.4) is 0 Å². The predicted octanol–water partition coefficient (Wildman–Crippen LogP) is 2.36. The van der Waals surface area contributed by atoms with Gasteiger partial charge in [0.25, 0.3) is 0 Å². The molecule has 0 saturated carbocycles. The molecule has 1 aromatic heterocycles. The summed E-state index contributed by atoms with van der Waals surface area (Å²) in [5.74, 6) is 0.0400. The number of aryl methyl sites for hydroxylation is 1. The zero-order valence-electron chi connectivity index (χ0n) is 6.39. The van der Waals surface area contributed by atoms with Gasteiger partial charge in [-0.25, -0.2) is 0 Å². The van der Waals surface area contributed by atoms with Gasteiger partial charge in [0.1, 0.15) is 0 Å². The Labute approximate surface area is 73.8 Å². The summed E-state index contributed by atoms with van der Waals surface area (Å²) in [6, 6.07) is 1.78. The summed E-state index contributed by atoms with van der Waals surface area (Å²) in [6.45, 7) is 3.41. The van der Waals surface area contributed by atoms with Gasteiger partial charge in [-0.15, -0.1) is 0 Å². The molecule has 0 atom stereocenters. The zero-order valence-corrected chi connectivity index (χ0v) is 7.97. The number of halogens is 1. The fourth-order valence-corrected chi connectivity index (χ4v) is 1.05. The third kappa shape index (κ3) is 1.87. The number of aromatic nitrogens is 1. The lowest BCUT2D eigenvalue weighted by molar-refractivity contribution is 0.101. The molecule has 0 amide bonds. The quantitative estimate of drug-likeness (QED) is 0.671. The second-order valence-corrected chi connectivity index (χ2v) is 3.20. The van der Waals surface area contributed by atoms with Crippen molar-refractivity contribution in [1.29, 1.82) is 0 Å². The first-order valence-electron chi connectivity index (χ1n) is 3.24. The molecule has 0 radical (unpaired) electrons. The minimum atomic E-state index is 0.0400. The highest BCUT2D eigenvalue weighted by Gasteiger charge is 2.01. The van der Waals surface area contributed by atoms with Gasteiger partial charge in [-0.3, -0.25) is 9.78 Å². The Morgan fingerprint density at radius 2 is 2.27 bits per heavy atom. The van der Waals surface area contributed by atoms with E-state index < -0.39 is 0 Å². The third-order valence-corrected chi connectivity index (χ3v) is 2.23. The Bertz CT molecular complexity index is 296. The Balaban J connectivity index is 3.15. The Hall–Kier alpha value is -0.700. The lowest BCUT2D eigenvalue weighted by atomic mass is 10.2. The molecule has 2 nitrogen and oxygen atoms in total. The van der Waals surface area contributed by atoms with Gasteiger partial charge in [0.15, 0.2) is 5.78 Å².